The molecule has 2 aromatic carbocycles. The van der Waals surface area contributed by atoms with E-state index in [2.05, 4.69) is 12.2 Å². The maximum Gasteiger partial charge on any atom is 0.238 e. The zero-order valence-electron chi connectivity index (χ0n) is 16.3. The Morgan fingerprint density at radius 2 is 1.57 bits per heavy atom. The minimum absolute atomic E-state index is 0.0905. The number of allylic oxidation sites excluding steroid dienone is 2. The molecule has 0 unspecified atom stereocenters. The Hall–Kier alpha value is -3.21. The second-order valence-electron chi connectivity index (χ2n) is 8.74. The third kappa shape index (κ3) is 2.51. The van der Waals surface area contributed by atoms with Crippen LogP contribution in [0.4, 0.5) is 5.69 Å². The Labute approximate surface area is 174 Å². The number of anilines is 1. The second kappa shape index (κ2) is 6.39. The summed E-state index contributed by atoms with van der Waals surface area (Å²) in [5.41, 5.74) is 1.11. The molecule has 7 rings (SSSR count). The molecule has 2 aromatic rings. The maximum absolute atomic E-state index is 13.2. The number of imide groups is 1. The lowest BCUT2D eigenvalue weighted by atomic mass is 9.63. The molecule has 2 saturated carbocycles. The Kier molecular flexibility index (Phi) is 3.76. The molecule has 1 heterocycles. The van der Waals surface area contributed by atoms with Crippen LogP contribution in [-0.4, -0.2) is 24.2 Å². The summed E-state index contributed by atoms with van der Waals surface area (Å²) in [4.78, 5) is 40.1. The first-order chi connectivity index (χ1) is 14.6. The van der Waals surface area contributed by atoms with Crippen LogP contribution in [0.1, 0.15) is 16.8 Å². The molecule has 6 atom stereocenters. The number of hydrogen-bond donors (Lipinski definition) is 0. The van der Waals surface area contributed by atoms with Gasteiger partial charge < -0.3 is 4.74 Å². The standard InChI is InChI=1S/C25H21NO4/c27-21(14-5-2-1-3-6-14)13-30-16-8-4-7-15(11-16)26-24(28)22-17-9-10-18(20-12-19(17)20)23(22)25(26)29/h1-11,17-20,22-23H,12-13H2/t17-,18-,19-,20-,22-,23+/m0/s1. The van der Waals surface area contributed by atoms with Crippen molar-refractivity contribution in [3.05, 3.63) is 72.3 Å². The van der Waals surface area contributed by atoms with Gasteiger partial charge in [0.2, 0.25) is 11.8 Å². The molecule has 1 saturated heterocycles. The number of carbonyl (C=O) groups excluding carboxylic acids is 3. The zero-order chi connectivity index (χ0) is 20.4. The van der Waals surface area contributed by atoms with Gasteiger partial charge in [0.1, 0.15) is 5.75 Å². The summed E-state index contributed by atoms with van der Waals surface area (Å²) in [6, 6.07) is 15.9. The van der Waals surface area contributed by atoms with Crippen LogP contribution in [0.25, 0.3) is 0 Å². The number of ether oxygens (including phenoxy) is 1. The highest BCUT2D eigenvalue weighted by Gasteiger charge is 2.67. The summed E-state index contributed by atoms with van der Waals surface area (Å²) in [6.07, 6.45) is 5.49. The average molecular weight is 399 g/mol. The number of amides is 2. The van der Waals surface area contributed by atoms with Crippen LogP contribution in [-0.2, 0) is 9.59 Å². The van der Waals surface area contributed by atoms with Gasteiger partial charge in [0.25, 0.3) is 0 Å². The predicted molar refractivity (Wildman–Crippen MR) is 110 cm³/mol. The van der Waals surface area contributed by atoms with Crippen molar-refractivity contribution in [2.24, 2.45) is 35.5 Å². The lowest BCUT2D eigenvalue weighted by Crippen LogP contribution is -2.40. The average Bonchev–Trinajstić information content (AvgIpc) is 3.56. The van der Waals surface area contributed by atoms with Crippen molar-refractivity contribution in [1.29, 1.82) is 0 Å². The van der Waals surface area contributed by atoms with Crippen molar-refractivity contribution in [2.45, 2.75) is 6.42 Å². The predicted octanol–water partition coefficient (Wildman–Crippen LogP) is 3.51. The van der Waals surface area contributed by atoms with Crippen LogP contribution >= 0.6 is 0 Å². The number of nitrogens with zero attached hydrogens (tertiary/aromatic N) is 1. The van der Waals surface area contributed by atoms with E-state index in [-0.39, 0.29) is 47.9 Å². The molecule has 0 aromatic heterocycles. The van der Waals surface area contributed by atoms with Crippen LogP contribution in [0.3, 0.4) is 0 Å². The Morgan fingerprint density at radius 1 is 0.900 bits per heavy atom. The molecule has 30 heavy (non-hydrogen) atoms. The van der Waals surface area contributed by atoms with Gasteiger partial charge >= 0.3 is 0 Å². The van der Waals surface area contributed by atoms with Gasteiger partial charge in [-0.3, -0.25) is 14.4 Å². The summed E-state index contributed by atoms with van der Waals surface area (Å²) in [5, 5.41) is 0. The fourth-order valence-electron chi connectivity index (χ4n) is 5.78. The van der Waals surface area contributed by atoms with Gasteiger partial charge in [0, 0.05) is 11.6 Å². The van der Waals surface area contributed by atoms with Gasteiger partial charge in [0.15, 0.2) is 12.4 Å². The highest BCUT2D eigenvalue weighted by molar-refractivity contribution is 6.22. The first-order valence-corrected chi connectivity index (χ1v) is 10.5. The van der Waals surface area contributed by atoms with Gasteiger partial charge in [-0.1, -0.05) is 48.6 Å². The Bertz CT molecular complexity index is 1060. The summed E-state index contributed by atoms with van der Waals surface area (Å²) >= 11 is 0. The van der Waals surface area contributed by atoms with Crippen LogP contribution in [0, 0.1) is 35.5 Å². The zero-order valence-corrected chi connectivity index (χ0v) is 16.3. The molecule has 2 bridgehead atoms. The summed E-state index contributed by atoms with van der Waals surface area (Å²) in [5.74, 6) is 1.29. The molecule has 0 spiro atoms. The summed E-state index contributed by atoms with van der Waals surface area (Å²) < 4.78 is 5.68. The number of hydrogen-bond acceptors (Lipinski definition) is 4. The molecule has 3 fully saturated rings. The summed E-state index contributed by atoms with van der Waals surface area (Å²) in [6.45, 7) is -0.0992. The molecule has 5 nitrogen and oxygen atoms in total. The maximum atomic E-state index is 13.2. The Balaban J connectivity index is 1.22. The van der Waals surface area contributed by atoms with Gasteiger partial charge in [-0.25, -0.2) is 4.90 Å². The van der Waals surface area contributed by atoms with Crippen LogP contribution < -0.4 is 9.64 Å². The minimum atomic E-state index is -0.222. The van der Waals surface area contributed by atoms with Gasteiger partial charge in [-0.2, -0.15) is 0 Å². The van der Waals surface area contributed by atoms with E-state index in [0.717, 1.165) is 6.42 Å². The number of rotatable bonds is 5. The van der Waals surface area contributed by atoms with E-state index in [1.165, 1.54) is 4.90 Å². The lowest BCUT2D eigenvalue weighted by molar-refractivity contribution is -0.124. The van der Waals surface area contributed by atoms with Gasteiger partial charge in [-0.05, 0) is 42.2 Å². The molecule has 2 amide bonds. The number of benzene rings is 2. The van der Waals surface area contributed by atoms with Crippen molar-refractivity contribution in [2.75, 3.05) is 11.5 Å². The monoisotopic (exact) mass is 399 g/mol. The molecule has 1 aliphatic heterocycles. The third-order valence-corrected chi connectivity index (χ3v) is 7.20. The minimum Gasteiger partial charge on any atom is -0.485 e. The molecule has 4 aliphatic carbocycles. The normalized spacial score (nSPS) is 32.7. The van der Waals surface area contributed by atoms with Crippen molar-refractivity contribution in [1.82, 2.24) is 0 Å². The lowest BCUT2D eigenvalue weighted by Gasteiger charge is -2.37. The number of carbonyl (C=O) groups is 3. The van der Waals surface area contributed by atoms with Crippen LogP contribution in [0.15, 0.2) is 66.7 Å². The molecule has 5 aliphatic rings. The van der Waals surface area contributed by atoms with E-state index in [4.69, 9.17) is 4.74 Å². The molecule has 5 heteroatoms. The molecular weight excluding hydrogens is 378 g/mol. The fraction of sp³-hybridized carbons (Fsp3) is 0.320. The first kappa shape index (κ1) is 17.6. The second-order valence-corrected chi connectivity index (χ2v) is 8.74. The number of ketones is 1. The van der Waals surface area contributed by atoms with Gasteiger partial charge in [-0.15, -0.1) is 0 Å². The van der Waals surface area contributed by atoms with Crippen molar-refractivity contribution in [3.63, 3.8) is 0 Å². The van der Waals surface area contributed by atoms with E-state index in [1.807, 2.05) is 18.2 Å². The van der Waals surface area contributed by atoms with Gasteiger partial charge in [0.05, 0.1) is 17.5 Å². The van der Waals surface area contributed by atoms with Crippen molar-refractivity contribution in [3.8, 4) is 5.75 Å². The van der Waals surface area contributed by atoms with Crippen molar-refractivity contribution >= 4 is 23.3 Å². The highest BCUT2D eigenvalue weighted by atomic mass is 16.5. The Morgan fingerprint density at radius 3 is 2.23 bits per heavy atom. The first-order valence-electron chi connectivity index (χ1n) is 10.5. The van der Waals surface area contributed by atoms with Crippen molar-refractivity contribution < 1.29 is 19.1 Å². The van der Waals surface area contributed by atoms with E-state index >= 15 is 0 Å². The third-order valence-electron chi connectivity index (χ3n) is 7.20. The quantitative estimate of drug-likeness (QED) is 0.439. The smallest absolute Gasteiger partial charge is 0.238 e. The fourth-order valence-corrected chi connectivity index (χ4v) is 5.78. The molecular formula is C25H21NO4. The topological polar surface area (TPSA) is 63.7 Å². The van der Waals surface area contributed by atoms with E-state index in [0.29, 0.717) is 28.8 Å². The van der Waals surface area contributed by atoms with Crippen LogP contribution in [0.5, 0.6) is 5.75 Å². The molecule has 0 N–H and O–H groups in total. The SMILES string of the molecule is O=C(COc1cccc(N2C(=O)[C@@H]3[C@H]4C=C[C@@H]([C@@H]5C[C@@H]45)[C@@H]3C2=O)c1)c1ccccc1. The van der Waals surface area contributed by atoms with Crippen LogP contribution in [0.2, 0.25) is 0 Å². The highest BCUT2D eigenvalue weighted by Crippen LogP contribution is 2.65. The largest absolute Gasteiger partial charge is 0.485 e. The number of Topliss-reactive ketones (excluding diaryl/α,β-unsaturated/α-hetero) is 1. The molecule has 150 valence electrons. The van der Waals surface area contributed by atoms with E-state index < -0.39 is 0 Å². The van der Waals surface area contributed by atoms with E-state index in [1.54, 1.807) is 36.4 Å². The molecule has 0 radical (unpaired) electrons. The summed E-state index contributed by atoms with van der Waals surface area (Å²) in [7, 11) is 0. The van der Waals surface area contributed by atoms with E-state index in [9.17, 15) is 14.4 Å².